The fraction of sp³-hybridized carbons (Fsp3) is 0.389. The van der Waals surface area contributed by atoms with E-state index in [0.29, 0.717) is 11.8 Å². The van der Waals surface area contributed by atoms with Crippen LogP contribution in [0.2, 0.25) is 0 Å². The van der Waals surface area contributed by atoms with Gasteiger partial charge in [-0.2, -0.15) is 0 Å². The summed E-state index contributed by atoms with van der Waals surface area (Å²) in [5, 5.41) is 2.94. The van der Waals surface area contributed by atoms with E-state index in [1.165, 1.54) is 16.4 Å². The Morgan fingerprint density at radius 2 is 2.24 bits per heavy atom. The number of rotatable bonds is 1. The average molecular weight is 299 g/mol. The number of anilines is 1. The third-order valence-corrected chi connectivity index (χ3v) is 5.17. The number of nitrogen functional groups attached to an aromatic ring is 1. The van der Waals surface area contributed by atoms with Gasteiger partial charge in [-0.15, -0.1) is 0 Å². The third-order valence-electron chi connectivity index (χ3n) is 4.93. The highest BCUT2D eigenvalue weighted by Gasteiger charge is 2.28. The molecule has 1 aromatic heterocycles. The summed E-state index contributed by atoms with van der Waals surface area (Å²) in [6, 6.07) is 0. The fourth-order valence-corrected chi connectivity index (χ4v) is 4.16. The Morgan fingerprint density at radius 1 is 1.38 bits per heavy atom. The first-order valence-corrected chi connectivity index (χ1v) is 8.10. The van der Waals surface area contributed by atoms with Crippen LogP contribution in [0.5, 0.6) is 0 Å². The summed E-state index contributed by atoms with van der Waals surface area (Å²) in [6.45, 7) is 2.23. The molecular formula is C18H19ClN2. The van der Waals surface area contributed by atoms with Crippen LogP contribution in [0, 0.1) is 5.92 Å². The first kappa shape index (κ1) is 13.1. The maximum atomic E-state index is 6.51. The molecule has 0 fully saturated rings. The zero-order valence-electron chi connectivity index (χ0n) is 12.2. The minimum atomic E-state index is 0.295. The molecule has 108 valence electrons. The number of nitrogens with two attached hydrogens (primary N) is 1. The summed E-state index contributed by atoms with van der Waals surface area (Å²) in [7, 11) is 0. The van der Waals surface area contributed by atoms with Gasteiger partial charge in [0.15, 0.2) is 0 Å². The summed E-state index contributed by atoms with van der Waals surface area (Å²) < 4.78 is 0. The van der Waals surface area contributed by atoms with E-state index < -0.39 is 0 Å². The summed E-state index contributed by atoms with van der Waals surface area (Å²) >= 11 is 6.28. The fourth-order valence-electron chi connectivity index (χ4n) is 3.91. The van der Waals surface area contributed by atoms with Gasteiger partial charge in [0.05, 0.1) is 11.0 Å². The lowest BCUT2D eigenvalue weighted by atomic mass is 9.78. The Morgan fingerprint density at radius 3 is 3.05 bits per heavy atom. The monoisotopic (exact) mass is 298 g/mol. The molecule has 5 rings (SSSR count). The van der Waals surface area contributed by atoms with Crippen LogP contribution in [0.4, 0.5) is 5.69 Å². The largest absolute Gasteiger partial charge is 0.398 e. The van der Waals surface area contributed by atoms with Crippen molar-refractivity contribution in [3.05, 3.63) is 44.6 Å². The number of pyridine rings is 1. The Balaban J connectivity index is 2.07. The van der Waals surface area contributed by atoms with Crippen LogP contribution >= 0.6 is 11.6 Å². The van der Waals surface area contributed by atoms with Crippen molar-refractivity contribution in [3.63, 3.8) is 0 Å². The summed E-state index contributed by atoms with van der Waals surface area (Å²) in [5.41, 5.74) is 11.3. The van der Waals surface area contributed by atoms with Crippen LogP contribution in [0.15, 0.2) is 22.8 Å². The lowest BCUT2D eigenvalue weighted by molar-refractivity contribution is 0.523. The van der Waals surface area contributed by atoms with E-state index in [1.807, 2.05) is 6.08 Å². The molecule has 3 heteroatoms. The molecule has 2 atom stereocenters. The van der Waals surface area contributed by atoms with Crippen LogP contribution in [-0.2, 0) is 6.42 Å². The number of allylic oxidation sites excluding steroid dienone is 4. The highest BCUT2D eigenvalue weighted by atomic mass is 35.5. The van der Waals surface area contributed by atoms with Crippen molar-refractivity contribution < 1.29 is 0 Å². The Labute approximate surface area is 129 Å². The molecule has 3 aliphatic carbocycles. The minimum Gasteiger partial charge on any atom is -0.398 e. The molecule has 2 unspecified atom stereocenters. The van der Waals surface area contributed by atoms with E-state index in [2.05, 4.69) is 25.2 Å². The van der Waals surface area contributed by atoms with E-state index in [1.54, 1.807) is 0 Å². The molecule has 21 heavy (non-hydrogen) atoms. The van der Waals surface area contributed by atoms with Gasteiger partial charge in [-0.1, -0.05) is 42.3 Å². The molecule has 1 aliphatic heterocycles. The average Bonchev–Trinajstić information content (AvgIpc) is 2.40. The second-order valence-electron chi connectivity index (χ2n) is 6.27. The summed E-state index contributed by atoms with van der Waals surface area (Å²) in [5.74, 6) is 0.833. The Kier molecular flexibility index (Phi) is 2.97. The summed E-state index contributed by atoms with van der Waals surface area (Å²) in [6.07, 6.45) is 13.0. The first-order chi connectivity index (χ1) is 10.2. The number of hydrogen-bond acceptors (Lipinski definition) is 2. The van der Waals surface area contributed by atoms with Gasteiger partial charge in [-0.05, 0) is 37.7 Å². The normalized spacial score (nSPS) is 25.8. The van der Waals surface area contributed by atoms with Crippen molar-refractivity contribution in [2.75, 3.05) is 5.73 Å². The number of hydrogen-bond donors (Lipinski definition) is 1. The van der Waals surface area contributed by atoms with Gasteiger partial charge in [0, 0.05) is 27.4 Å². The van der Waals surface area contributed by atoms with Crippen molar-refractivity contribution in [3.8, 4) is 0 Å². The standard InChI is InChI=1S/C18H19ClN2/c1-2-10-3-4-14-15-7-11(5-10)6-12-8-13(19)9-16(21-15)17(12)18(14)20/h4-5,8-9,11-12H,2-3,6-7,20H2,1H3. The third kappa shape index (κ3) is 2.04. The van der Waals surface area contributed by atoms with E-state index in [0.717, 1.165) is 47.4 Å². The second kappa shape index (κ2) is 4.74. The molecule has 1 aromatic rings. The molecule has 0 amide bonds. The SMILES string of the molecule is CCC1=CC2Cc3nc4c(c(N)c3=CC1)C(C=C(Cl)C=4)C2. The molecule has 0 saturated heterocycles. The van der Waals surface area contributed by atoms with Gasteiger partial charge in [0.1, 0.15) is 0 Å². The van der Waals surface area contributed by atoms with Crippen LogP contribution in [0.1, 0.15) is 43.4 Å². The molecule has 0 radical (unpaired) electrons. The zero-order chi connectivity index (χ0) is 14.6. The molecule has 0 aromatic carbocycles. The number of halogens is 1. The lowest BCUT2D eigenvalue weighted by Gasteiger charge is -2.29. The van der Waals surface area contributed by atoms with Crippen molar-refractivity contribution >= 4 is 29.4 Å². The maximum absolute atomic E-state index is 6.51. The van der Waals surface area contributed by atoms with Crippen molar-refractivity contribution in [1.29, 1.82) is 0 Å². The first-order valence-electron chi connectivity index (χ1n) is 7.72. The molecule has 0 spiro atoms. The molecule has 0 saturated carbocycles. The van der Waals surface area contributed by atoms with Gasteiger partial charge < -0.3 is 5.73 Å². The zero-order valence-corrected chi connectivity index (χ0v) is 13.0. The topological polar surface area (TPSA) is 38.9 Å². The van der Waals surface area contributed by atoms with Crippen LogP contribution in [0.25, 0.3) is 12.2 Å². The van der Waals surface area contributed by atoms with Gasteiger partial charge >= 0.3 is 0 Å². The Bertz CT molecular complexity index is 801. The lowest BCUT2D eigenvalue weighted by Crippen LogP contribution is -2.36. The highest BCUT2D eigenvalue weighted by Crippen LogP contribution is 2.35. The van der Waals surface area contributed by atoms with Gasteiger partial charge in [0.25, 0.3) is 0 Å². The molecule has 6 bridgehead atoms. The van der Waals surface area contributed by atoms with E-state index in [-0.39, 0.29) is 0 Å². The van der Waals surface area contributed by atoms with Crippen LogP contribution < -0.4 is 16.3 Å². The second-order valence-corrected chi connectivity index (χ2v) is 6.71. The maximum Gasteiger partial charge on any atom is 0.0706 e. The quantitative estimate of drug-likeness (QED) is 0.810. The van der Waals surface area contributed by atoms with Gasteiger partial charge in [-0.3, -0.25) is 4.98 Å². The van der Waals surface area contributed by atoms with Crippen molar-refractivity contribution in [2.24, 2.45) is 5.92 Å². The van der Waals surface area contributed by atoms with Gasteiger partial charge in [-0.25, -0.2) is 0 Å². The molecule has 2 heterocycles. The highest BCUT2D eigenvalue weighted by molar-refractivity contribution is 6.34. The molecule has 4 aliphatic rings. The van der Waals surface area contributed by atoms with Crippen molar-refractivity contribution in [2.45, 2.75) is 38.5 Å². The number of aromatic nitrogens is 1. The van der Waals surface area contributed by atoms with Gasteiger partial charge in [0.2, 0.25) is 0 Å². The van der Waals surface area contributed by atoms with Crippen LogP contribution in [-0.4, -0.2) is 4.98 Å². The Hall–Kier alpha value is -1.54. The minimum absolute atomic E-state index is 0.295. The van der Waals surface area contributed by atoms with Crippen molar-refractivity contribution in [1.82, 2.24) is 4.98 Å². The predicted molar refractivity (Wildman–Crippen MR) is 88.3 cm³/mol. The predicted octanol–water partition coefficient (Wildman–Crippen LogP) is 2.75. The molecule has 2 N–H and O–H groups in total. The van der Waals surface area contributed by atoms with E-state index >= 15 is 0 Å². The molecule has 2 nitrogen and oxygen atoms in total. The summed E-state index contributed by atoms with van der Waals surface area (Å²) in [4.78, 5) is 4.88. The smallest absolute Gasteiger partial charge is 0.0706 e. The van der Waals surface area contributed by atoms with E-state index in [4.69, 9.17) is 22.3 Å². The number of nitrogens with zero attached hydrogens (tertiary/aromatic N) is 1. The molecular weight excluding hydrogens is 280 g/mol. The van der Waals surface area contributed by atoms with Crippen LogP contribution in [0.3, 0.4) is 0 Å². The van der Waals surface area contributed by atoms with E-state index in [9.17, 15) is 0 Å².